The van der Waals surface area contributed by atoms with E-state index >= 15 is 0 Å². The zero-order chi connectivity index (χ0) is 13.2. The summed E-state index contributed by atoms with van der Waals surface area (Å²) in [6.07, 6.45) is 1.09. The third kappa shape index (κ3) is 3.22. The van der Waals surface area contributed by atoms with E-state index in [0.717, 1.165) is 11.8 Å². The zero-order valence-electron chi connectivity index (χ0n) is 11.4. The second-order valence-corrected chi connectivity index (χ2v) is 6.03. The Bertz CT molecular complexity index is 279. The van der Waals surface area contributed by atoms with Crippen LogP contribution >= 0.6 is 15.9 Å². The number of rotatable bonds is 4. The molecule has 17 heavy (non-hydrogen) atoms. The lowest BCUT2D eigenvalue weighted by molar-refractivity contribution is -0.128. The van der Waals surface area contributed by atoms with Crippen molar-refractivity contribution in [1.29, 1.82) is 0 Å². The van der Waals surface area contributed by atoms with Gasteiger partial charge in [0.2, 0.25) is 5.91 Å². The molecule has 0 aromatic carbocycles. The number of ether oxygens (including phenoxy) is 1. The summed E-state index contributed by atoms with van der Waals surface area (Å²) in [4.78, 5) is 12.3. The van der Waals surface area contributed by atoms with Crippen LogP contribution in [0.1, 0.15) is 41.0 Å². The summed E-state index contributed by atoms with van der Waals surface area (Å²) in [5.74, 6) is 0.370. The van der Waals surface area contributed by atoms with Crippen LogP contribution in [0.4, 0.5) is 0 Å². The van der Waals surface area contributed by atoms with Crippen LogP contribution in [0.25, 0.3) is 0 Å². The SMILES string of the molecule is CCC(C)(CBr)NC(=O)C1C(C)OC(C)C1C. The summed E-state index contributed by atoms with van der Waals surface area (Å²) in [6, 6.07) is 0. The molecule has 1 amide bonds. The Morgan fingerprint density at radius 2 is 1.94 bits per heavy atom. The fraction of sp³-hybridized carbons (Fsp3) is 0.923. The van der Waals surface area contributed by atoms with E-state index in [9.17, 15) is 4.79 Å². The second kappa shape index (κ2) is 5.70. The molecule has 5 atom stereocenters. The molecule has 1 aliphatic rings. The van der Waals surface area contributed by atoms with Crippen molar-refractivity contribution >= 4 is 21.8 Å². The zero-order valence-corrected chi connectivity index (χ0v) is 13.0. The Hall–Kier alpha value is -0.0900. The van der Waals surface area contributed by atoms with Gasteiger partial charge in [0.05, 0.1) is 18.1 Å². The average molecular weight is 306 g/mol. The Labute approximate surface area is 113 Å². The van der Waals surface area contributed by atoms with Crippen molar-refractivity contribution in [2.45, 2.75) is 58.8 Å². The van der Waals surface area contributed by atoms with E-state index in [0.29, 0.717) is 0 Å². The molecule has 1 N–H and O–H groups in total. The van der Waals surface area contributed by atoms with Crippen LogP contribution in [0.3, 0.4) is 0 Å². The smallest absolute Gasteiger partial charge is 0.226 e. The quantitative estimate of drug-likeness (QED) is 0.811. The maximum absolute atomic E-state index is 12.3. The summed E-state index contributed by atoms with van der Waals surface area (Å²) in [5.41, 5.74) is -0.164. The van der Waals surface area contributed by atoms with Gasteiger partial charge < -0.3 is 10.1 Å². The van der Waals surface area contributed by atoms with Gasteiger partial charge in [0, 0.05) is 10.9 Å². The lowest BCUT2D eigenvalue weighted by atomic mass is 9.87. The number of halogens is 1. The van der Waals surface area contributed by atoms with Crippen molar-refractivity contribution in [2.75, 3.05) is 5.33 Å². The van der Waals surface area contributed by atoms with Crippen LogP contribution in [-0.2, 0) is 9.53 Å². The van der Waals surface area contributed by atoms with Crippen LogP contribution in [-0.4, -0.2) is 29.0 Å². The van der Waals surface area contributed by atoms with Gasteiger partial charge in [0.15, 0.2) is 0 Å². The topological polar surface area (TPSA) is 38.3 Å². The van der Waals surface area contributed by atoms with Gasteiger partial charge in [-0.2, -0.15) is 0 Å². The number of carbonyl (C=O) groups is 1. The van der Waals surface area contributed by atoms with Crippen molar-refractivity contribution < 1.29 is 9.53 Å². The Balaban J connectivity index is 2.71. The molecule has 0 bridgehead atoms. The highest BCUT2D eigenvalue weighted by atomic mass is 79.9. The summed E-state index contributed by atoms with van der Waals surface area (Å²) in [6.45, 7) is 10.3. The molecule has 4 heteroatoms. The number of nitrogens with one attached hydrogen (secondary N) is 1. The molecule has 1 heterocycles. The number of hydrogen-bond donors (Lipinski definition) is 1. The molecule has 1 fully saturated rings. The Morgan fingerprint density at radius 1 is 1.35 bits per heavy atom. The maximum atomic E-state index is 12.3. The van der Waals surface area contributed by atoms with Gasteiger partial charge in [0.1, 0.15) is 0 Å². The first-order valence-electron chi connectivity index (χ1n) is 6.38. The van der Waals surface area contributed by atoms with Gasteiger partial charge in [-0.1, -0.05) is 29.8 Å². The third-order valence-corrected chi connectivity index (χ3v) is 5.28. The highest BCUT2D eigenvalue weighted by Gasteiger charge is 2.42. The predicted molar refractivity (Wildman–Crippen MR) is 73.3 cm³/mol. The monoisotopic (exact) mass is 305 g/mol. The molecule has 1 aliphatic heterocycles. The van der Waals surface area contributed by atoms with E-state index in [1.54, 1.807) is 0 Å². The third-order valence-electron chi connectivity index (χ3n) is 4.04. The molecule has 1 rings (SSSR count). The lowest BCUT2D eigenvalue weighted by Gasteiger charge is -2.30. The minimum atomic E-state index is -0.164. The highest BCUT2D eigenvalue weighted by molar-refractivity contribution is 9.09. The molecule has 0 aromatic rings. The van der Waals surface area contributed by atoms with E-state index < -0.39 is 0 Å². The van der Waals surface area contributed by atoms with E-state index in [2.05, 4.69) is 42.0 Å². The van der Waals surface area contributed by atoms with Gasteiger partial charge in [0.25, 0.3) is 0 Å². The number of hydrogen-bond acceptors (Lipinski definition) is 2. The van der Waals surface area contributed by atoms with E-state index in [-0.39, 0.29) is 35.5 Å². The van der Waals surface area contributed by atoms with Gasteiger partial charge in [-0.3, -0.25) is 4.79 Å². The molecule has 5 unspecified atom stereocenters. The van der Waals surface area contributed by atoms with Crippen molar-refractivity contribution in [2.24, 2.45) is 11.8 Å². The maximum Gasteiger partial charge on any atom is 0.226 e. The molecule has 1 saturated heterocycles. The molecule has 0 aromatic heterocycles. The van der Waals surface area contributed by atoms with Gasteiger partial charge in [-0.25, -0.2) is 0 Å². The second-order valence-electron chi connectivity index (χ2n) is 5.47. The van der Waals surface area contributed by atoms with Gasteiger partial charge in [-0.05, 0) is 33.1 Å². The molecular weight excluding hydrogens is 282 g/mol. The van der Waals surface area contributed by atoms with Gasteiger partial charge >= 0.3 is 0 Å². The molecule has 0 aliphatic carbocycles. The lowest BCUT2D eigenvalue weighted by Crippen LogP contribution is -2.51. The number of amides is 1. The van der Waals surface area contributed by atoms with E-state index in [1.165, 1.54) is 0 Å². The number of alkyl halides is 1. The minimum absolute atomic E-state index is 0.0106. The van der Waals surface area contributed by atoms with Crippen LogP contribution in [0, 0.1) is 11.8 Å². The molecule has 0 saturated carbocycles. The fourth-order valence-corrected chi connectivity index (χ4v) is 2.85. The Kier molecular flexibility index (Phi) is 5.02. The minimum Gasteiger partial charge on any atom is -0.374 e. The first-order chi connectivity index (χ1) is 7.84. The highest BCUT2D eigenvalue weighted by Crippen LogP contribution is 2.32. The number of carbonyl (C=O) groups excluding carboxylic acids is 1. The standard InChI is InChI=1S/C13H24BrNO2/c1-6-13(5,7-14)15-12(16)11-8(2)9(3)17-10(11)4/h8-11H,6-7H2,1-5H3,(H,15,16). The largest absolute Gasteiger partial charge is 0.374 e. The van der Waals surface area contributed by atoms with Gasteiger partial charge in [-0.15, -0.1) is 0 Å². The van der Waals surface area contributed by atoms with Crippen molar-refractivity contribution in [3.63, 3.8) is 0 Å². The van der Waals surface area contributed by atoms with E-state index in [1.807, 2.05) is 13.8 Å². The fourth-order valence-electron chi connectivity index (χ4n) is 2.32. The first-order valence-corrected chi connectivity index (χ1v) is 7.50. The van der Waals surface area contributed by atoms with E-state index in [4.69, 9.17) is 4.74 Å². The molecule has 100 valence electrons. The normalized spacial score (nSPS) is 36.6. The van der Waals surface area contributed by atoms with Crippen molar-refractivity contribution in [3.05, 3.63) is 0 Å². The summed E-state index contributed by atoms with van der Waals surface area (Å²) >= 11 is 3.47. The average Bonchev–Trinajstić information content (AvgIpc) is 2.53. The summed E-state index contributed by atoms with van der Waals surface area (Å²) < 4.78 is 5.72. The van der Waals surface area contributed by atoms with Crippen LogP contribution in [0.2, 0.25) is 0 Å². The van der Waals surface area contributed by atoms with Crippen molar-refractivity contribution in [3.8, 4) is 0 Å². The van der Waals surface area contributed by atoms with Crippen LogP contribution in [0.5, 0.6) is 0 Å². The molecule has 0 radical (unpaired) electrons. The molecule has 0 spiro atoms. The Morgan fingerprint density at radius 3 is 2.29 bits per heavy atom. The molecular formula is C13H24BrNO2. The van der Waals surface area contributed by atoms with Crippen molar-refractivity contribution in [1.82, 2.24) is 5.32 Å². The van der Waals surface area contributed by atoms with Crippen LogP contribution in [0.15, 0.2) is 0 Å². The first kappa shape index (κ1) is 15.0. The summed E-state index contributed by atoms with van der Waals surface area (Å²) in [7, 11) is 0. The van der Waals surface area contributed by atoms with Crippen LogP contribution < -0.4 is 5.32 Å². The molecule has 3 nitrogen and oxygen atoms in total. The predicted octanol–water partition coefficient (Wildman–Crippen LogP) is 2.73. The summed E-state index contributed by atoms with van der Waals surface area (Å²) in [5, 5.41) is 3.92.